The van der Waals surface area contributed by atoms with Gasteiger partial charge in [0.1, 0.15) is 0 Å². The van der Waals surface area contributed by atoms with Crippen LogP contribution in [0.3, 0.4) is 0 Å². The zero-order valence-corrected chi connectivity index (χ0v) is 17.5. The van der Waals surface area contributed by atoms with E-state index >= 15 is 0 Å². The standard InChI is InChI=1S/C22H35FN4O/c1-4-24-22(25-13-18-10-11-27(5-2)14-18)26-16(3)19-8-9-21(20(23)12-19)28-15-17-6-7-17/h8-9,12,16-18H,4-7,10-11,13-15H2,1-3H3,(H2,24,25,26). The topological polar surface area (TPSA) is 48.9 Å². The van der Waals surface area contributed by atoms with Crippen molar-refractivity contribution in [1.29, 1.82) is 0 Å². The van der Waals surface area contributed by atoms with Crippen molar-refractivity contribution in [2.75, 3.05) is 39.3 Å². The summed E-state index contributed by atoms with van der Waals surface area (Å²) in [7, 11) is 0. The first-order valence-corrected chi connectivity index (χ1v) is 10.8. The van der Waals surface area contributed by atoms with Gasteiger partial charge in [-0.3, -0.25) is 4.99 Å². The Balaban J connectivity index is 1.55. The Morgan fingerprint density at radius 1 is 1.29 bits per heavy atom. The lowest BCUT2D eigenvalue weighted by atomic mass is 10.1. The molecule has 6 heteroatoms. The molecule has 2 atom stereocenters. The normalized spacial score (nSPS) is 21.6. The monoisotopic (exact) mass is 390 g/mol. The lowest BCUT2D eigenvalue weighted by Crippen LogP contribution is -2.39. The Labute approximate surface area is 168 Å². The first-order valence-electron chi connectivity index (χ1n) is 10.8. The second-order valence-electron chi connectivity index (χ2n) is 8.08. The third-order valence-corrected chi connectivity index (χ3v) is 5.65. The van der Waals surface area contributed by atoms with E-state index < -0.39 is 0 Å². The summed E-state index contributed by atoms with van der Waals surface area (Å²) in [5.41, 5.74) is 0.889. The fraction of sp³-hybridized carbons (Fsp3) is 0.682. The number of hydrogen-bond donors (Lipinski definition) is 2. The number of halogens is 1. The Bertz CT molecular complexity index is 662. The molecule has 1 aromatic carbocycles. The molecule has 0 aromatic heterocycles. The van der Waals surface area contributed by atoms with Crippen LogP contribution >= 0.6 is 0 Å². The Morgan fingerprint density at radius 3 is 2.75 bits per heavy atom. The fourth-order valence-corrected chi connectivity index (χ4v) is 3.57. The molecule has 1 aliphatic carbocycles. The minimum atomic E-state index is -0.292. The largest absolute Gasteiger partial charge is 0.490 e. The van der Waals surface area contributed by atoms with Crippen LogP contribution in [0.25, 0.3) is 0 Å². The molecule has 5 nitrogen and oxygen atoms in total. The number of likely N-dealkylation sites (tertiary alicyclic amines) is 1. The predicted octanol–water partition coefficient (Wildman–Crippen LogP) is 3.57. The van der Waals surface area contributed by atoms with Crippen LogP contribution in [-0.4, -0.2) is 50.2 Å². The number of rotatable bonds is 9. The van der Waals surface area contributed by atoms with E-state index in [4.69, 9.17) is 9.73 Å². The number of guanidine groups is 1. The average molecular weight is 391 g/mol. The summed E-state index contributed by atoms with van der Waals surface area (Å²) in [5, 5.41) is 6.71. The molecule has 2 unspecified atom stereocenters. The summed E-state index contributed by atoms with van der Waals surface area (Å²) < 4.78 is 20.0. The molecule has 1 heterocycles. The van der Waals surface area contributed by atoms with Gasteiger partial charge in [0.15, 0.2) is 17.5 Å². The molecule has 0 spiro atoms. The van der Waals surface area contributed by atoms with Gasteiger partial charge in [0.2, 0.25) is 0 Å². The summed E-state index contributed by atoms with van der Waals surface area (Å²) in [6.45, 7) is 11.9. The molecular formula is C22H35FN4O. The van der Waals surface area contributed by atoms with Crippen LogP contribution in [0, 0.1) is 17.7 Å². The van der Waals surface area contributed by atoms with Gasteiger partial charge in [-0.05, 0) is 75.7 Å². The molecule has 1 aromatic rings. The maximum absolute atomic E-state index is 14.4. The van der Waals surface area contributed by atoms with Crippen molar-refractivity contribution >= 4 is 5.96 Å². The van der Waals surface area contributed by atoms with E-state index in [0.29, 0.717) is 24.2 Å². The molecule has 0 bridgehead atoms. The molecule has 1 aliphatic heterocycles. The van der Waals surface area contributed by atoms with Gasteiger partial charge in [0.05, 0.1) is 12.6 Å². The van der Waals surface area contributed by atoms with Crippen molar-refractivity contribution in [3.63, 3.8) is 0 Å². The van der Waals surface area contributed by atoms with Gasteiger partial charge >= 0.3 is 0 Å². The SMILES string of the molecule is CCNC(=NCC1CCN(CC)C1)NC(C)c1ccc(OCC2CC2)c(F)c1. The average Bonchev–Trinajstić information content (AvgIpc) is 3.41. The third-order valence-electron chi connectivity index (χ3n) is 5.65. The van der Waals surface area contributed by atoms with Crippen LogP contribution in [-0.2, 0) is 0 Å². The van der Waals surface area contributed by atoms with Gasteiger partial charge in [-0.15, -0.1) is 0 Å². The summed E-state index contributed by atoms with van der Waals surface area (Å²) in [4.78, 5) is 7.25. The Kier molecular flexibility index (Phi) is 7.54. The minimum absolute atomic E-state index is 0.0412. The number of aliphatic imine (C=N–C) groups is 1. The highest BCUT2D eigenvalue weighted by Gasteiger charge is 2.23. The molecule has 2 N–H and O–H groups in total. The zero-order valence-electron chi connectivity index (χ0n) is 17.5. The maximum atomic E-state index is 14.4. The van der Waals surface area contributed by atoms with E-state index in [1.165, 1.54) is 25.8 Å². The molecule has 28 heavy (non-hydrogen) atoms. The summed E-state index contributed by atoms with van der Waals surface area (Å²) in [6, 6.07) is 5.20. The third kappa shape index (κ3) is 6.09. The van der Waals surface area contributed by atoms with Crippen molar-refractivity contribution in [2.24, 2.45) is 16.8 Å². The molecule has 156 valence electrons. The van der Waals surface area contributed by atoms with E-state index in [9.17, 15) is 4.39 Å². The van der Waals surface area contributed by atoms with Gasteiger partial charge in [-0.1, -0.05) is 13.0 Å². The number of hydrogen-bond acceptors (Lipinski definition) is 3. The quantitative estimate of drug-likeness (QED) is 0.500. The van der Waals surface area contributed by atoms with Crippen molar-refractivity contribution in [1.82, 2.24) is 15.5 Å². The van der Waals surface area contributed by atoms with E-state index in [1.54, 1.807) is 12.1 Å². The molecule has 1 saturated heterocycles. The van der Waals surface area contributed by atoms with Crippen LogP contribution in [0.4, 0.5) is 4.39 Å². The number of ether oxygens (including phenoxy) is 1. The highest BCUT2D eigenvalue weighted by Crippen LogP contribution is 2.30. The molecule has 1 saturated carbocycles. The Morgan fingerprint density at radius 2 is 2.11 bits per heavy atom. The van der Waals surface area contributed by atoms with Gasteiger partial charge in [0, 0.05) is 19.6 Å². The lowest BCUT2D eigenvalue weighted by Gasteiger charge is -2.19. The molecule has 0 radical (unpaired) electrons. The fourth-order valence-electron chi connectivity index (χ4n) is 3.57. The highest BCUT2D eigenvalue weighted by molar-refractivity contribution is 5.80. The minimum Gasteiger partial charge on any atom is -0.490 e. The maximum Gasteiger partial charge on any atom is 0.191 e. The van der Waals surface area contributed by atoms with E-state index in [0.717, 1.165) is 37.7 Å². The molecule has 2 fully saturated rings. The van der Waals surface area contributed by atoms with E-state index in [2.05, 4.69) is 29.4 Å². The summed E-state index contributed by atoms with van der Waals surface area (Å²) in [5.74, 6) is 2.08. The van der Waals surface area contributed by atoms with Crippen molar-refractivity contribution in [3.05, 3.63) is 29.6 Å². The van der Waals surface area contributed by atoms with Crippen molar-refractivity contribution in [3.8, 4) is 5.75 Å². The van der Waals surface area contributed by atoms with Crippen LogP contribution in [0.2, 0.25) is 0 Å². The van der Waals surface area contributed by atoms with Crippen LogP contribution in [0.1, 0.15) is 51.6 Å². The zero-order chi connectivity index (χ0) is 19.9. The number of nitrogens with one attached hydrogen (secondary N) is 2. The van der Waals surface area contributed by atoms with E-state index in [-0.39, 0.29) is 11.9 Å². The Hall–Kier alpha value is -1.82. The van der Waals surface area contributed by atoms with E-state index in [1.807, 2.05) is 13.0 Å². The number of nitrogens with zero attached hydrogens (tertiary/aromatic N) is 2. The summed E-state index contributed by atoms with van der Waals surface area (Å²) in [6.07, 6.45) is 3.61. The molecule has 0 amide bonds. The highest BCUT2D eigenvalue weighted by atomic mass is 19.1. The van der Waals surface area contributed by atoms with Crippen LogP contribution in [0.5, 0.6) is 5.75 Å². The smallest absolute Gasteiger partial charge is 0.191 e. The lowest BCUT2D eigenvalue weighted by molar-refractivity contribution is 0.285. The molecule has 2 aliphatic rings. The number of benzene rings is 1. The van der Waals surface area contributed by atoms with Crippen LogP contribution < -0.4 is 15.4 Å². The van der Waals surface area contributed by atoms with Crippen molar-refractivity contribution < 1.29 is 9.13 Å². The first kappa shape index (κ1) is 20.9. The van der Waals surface area contributed by atoms with Gasteiger partial charge < -0.3 is 20.3 Å². The molecular weight excluding hydrogens is 355 g/mol. The van der Waals surface area contributed by atoms with Crippen LogP contribution in [0.15, 0.2) is 23.2 Å². The van der Waals surface area contributed by atoms with Gasteiger partial charge in [-0.25, -0.2) is 4.39 Å². The second kappa shape index (κ2) is 10.1. The second-order valence-corrected chi connectivity index (χ2v) is 8.08. The first-order chi connectivity index (χ1) is 13.6. The van der Waals surface area contributed by atoms with Gasteiger partial charge in [0.25, 0.3) is 0 Å². The predicted molar refractivity (Wildman–Crippen MR) is 112 cm³/mol. The van der Waals surface area contributed by atoms with Crippen molar-refractivity contribution in [2.45, 2.75) is 46.1 Å². The van der Waals surface area contributed by atoms with Gasteiger partial charge in [-0.2, -0.15) is 0 Å². The summed E-state index contributed by atoms with van der Waals surface area (Å²) >= 11 is 0. The molecule has 3 rings (SSSR count).